The van der Waals surface area contributed by atoms with Gasteiger partial charge in [0, 0.05) is 5.02 Å². The molecular weight excluding hydrogens is 226 g/mol. The first-order valence-corrected chi connectivity index (χ1v) is 5.29. The van der Waals surface area contributed by atoms with Crippen molar-refractivity contribution >= 4 is 21.6 Å². The lowest BCUT2D eigenvalue weighted by molar-refractivity contribution is 0.584. The molecule has 0 spiro atoms. The van der Waals surface area contributed by atoms with E-state index in [1.54, 1.807) is 10.9 Å². The molecule has 0 unspecified atom stereocenters. The fraction of sp³-hybridized carbons (Fsp3) is 0. The van der Waals surface area contributed by atoms with Gasteiger partial charge >= 0.3 is 0 Å². The Balaban J connectivity index is 3.39. The minimum atomic E-state index is -3.76. The smallest absolute Gasteiger partial charge is 0.253 e. The second-order valence-electron chi connectivity index (χ2n) is 2.41. The number of nitrogens with one attached hydrogen (secondary N) is 1. The van der Waals surface area contributed by atoms with E-state index in [-0.39, 0.29) is 15.5 Å². The van der Waals surface area contributed by atoms with Crippen LogP contribution >= 0.6 is 11.6 Å². The largest absolute Gasteiger partial charge is 0.257 e. The summed E-state index contributed by atoms with van der Waals surface area (Å²) in [5, 5.41) is 8.73. The highest BCUT2D eigenvalue weighted by Crippen LogP contribution is 2.17. The van der Waals surface area contributed by atoms with E-state index < -0.39 is 10.0 Å². The second kappa shape index (κ2) is 3.94. The molecule has 5 nitrogen and oxygen atoms in total. The molecule has 0 saturated carbocycles. The van der Waals surface area contributed by atoms with E-state index in [0.29, 0.717) is 0 Å². The third-order valence-corrected chi connectivity index (χ3v) is 2.85. The molecule has 74 valence electrons. The van der Waals surface area contributed by atoms with Crippen molar-refractivity contribution in [2.75, 3.05) is 0 Å². The van der Waals surface area contributed by atoms with Gasteiger partial charge in [0.25, 0.3) is 10.0 Å². The molecule has 0 fully saturated rings. The Kier molecular flexibility index (Phi) is 3.08. The summed E-state index contributed by atoms with van der Waals surface area (Å²) in [7, 11) is -3.76. The predicted molar refractivity (Wildman–Crippen MR) is 50.7 cm³/mol. The molecule has 0 aromatic heterocycles. The molecule has 0 atom stereocenters. The van der Waals surface area contributed by atoms with E-state index >= 15 is 0 Å². The number of benzene rings is 1. The van der Waals surface area contributed by atoms with Crippen LogP contribution in [0.3, 0.4) is 0 Å². The van der Waals surface area contributed by atoms with Gasteiger partial charge in [-0.25, -0.2) is 8.42 Å². The van der Waals surface area contributed by atoms with Crippen molar-refractivity contribution in [1.82, 2.24) is 4.83 Å². The molecular formula is C7H6ClN3O2S. The van der Waals surface area contributed by atoms with Crippen LogP contribution in [0.25, 0.3) is 0 Å². The minimum Gasteiger partial charge on any atom is -0.257 e. The summed E-state index contributed by atoms with van der Waals surface area (Å²) >= 11 is 5.61. The van der Waals surface area contributed by atoms with Gasteiger partial charge in [-0.3, -0.25) is 5.84 Å². The Labute approximate surface area is 86.1 Å². The molecule has 1 rings (SSSR count). The Hall–Kier alpha value is -1.13. The van der Waals surface area contributed by atoms with Crippen LogP contribution in [0.2, 0.25) is 5.02 Å². The van der Waals surface area contributed by atoms with Gasteiger partial charge in [0.05, 0.1) is 16.5 Å². The second-order valence-corrected chi connectivity index (χ2v) is 4.56. The normalized spacial score (nSPS) is 10.9. The highest BCUT2D eigenvalue weighted by Gasteiger charge is 2.13. The van der Waals surface area contributed by atoms with Crippen LogP contribution in [0.1, 0.15) is 5.56 Å². The Bertz CT molecular complexity index is 492. The molecule has 0 aliphatic carbocycles. The predicted octanol–water partition coefficient (Wildman–Crippen LogP) is 0.364. The summed E-state index contributed by atoms with van der Waals surface area (Å²) < 4.78 is 22.4. The van der Waals surface area contributed by atoms with Gasteiger partial charge in [-0.15, -0.1) is 0 Å². The maximum Gasteiger partial charge on any atom is 0.253 e. The van der Waals surface area contributed by atoms with Crippen LogP contribution in [-0.4, -0.2) is 8.42 Å². The van der Waals surface area contributed by atoms with Crippen molar-refractivity contribution < 1.29 is 8.42 Å². The van der Waals surface area contributed by atoms with Crippen LogP contribution in [-0.2, 0) is 10.0 Å². The molecule has 0 radical (unpaired) electrons. The maximum absolute atomic E-state index is 11.2. The van der Waals surface area contributed by atoms with Crippen LogP contribution in [0, 0.1) is 11.3 Å². The quantitative estimate of drug-likeness (QED) is 0.568. The number of hydrazine groups is 1. The van der Waals surface area contributed by atoms with Crippen LogP contribution in [0.4, 0.5) is 0 Å². The number of nitriles is 1. The minimum absolute atomic E-state index is 0.135. The van der Waals surface area contributed by atoms with Gasteiger partial charge in [-0.05, 0) is 18.2 Å². The van der Waals surface area contributed by atoms with Crippen molar-refractivity contribution in [1.29, 1.82) is 5.26 Å². The van der Waals surface area contributed by atoms with E-state index in [1.807, 2.05) is 0 Å². The molecule has 1 aromatic rings. The molecule has 0 heterocycles. The average molecular weight is 232 g/mol. The first-order chi connectivity index (χ1) is 6.49. The Morgan fingerprint density at radius 2 is 2.07 bits per heavy atom. The van der Waals surface area contributed by atoms with Gasteiger partial charge in [0.2, 0.25) is 0 Å². The topological polar surface area (TPSA) is 96.0 Å². The summed E-state index contributed by atoms with van der Waals surface area (Å²) in [5.74, 6) is 4.82. The first-order valence-electron chi connectivity index (χ1n) is 3.42. The molecule has 1 aromatic carbocycles. The average Bonchev–Trinajstić information content (AvgIpc) is 2.16. The van der Waals surface area contributed by atoms with Crippen molar-refractivity contribution in [3.05, 3.63) is 28.8 Å². The van der Waals surface area contributed by atoms with Crippen molar-refractivity contribution in [2.45, 2.75) is 4.90 Å². The number of sulfonamides is 1. The highest BCUT2D eigenvalue weighted by atomic mass is 35.5. The molecule has 0 bridgehead atoms. The van der Waals surface area contributed by atoms with Gasteiger partial charge in [0.1, 0.15) is 0 Å². The van der Waals surface area contributed by atoms with Crippen molar-refractivity contribution in [3.8, 4) is 6.07 Å². The van der Waals surface area contributed by atoms with Gasteiger partial charge in [0.15, 0.2) is 0 Å². The summed E-state index contributed by atoms with van der Waals surface area (Å²) in [5.41, 5.74) is 0.159. The number of halogens is 1. The molecule has 0 saturated heterocycles. The Morgan fingerprint density at radius 3 is 2.57 bits per heavy atom. The standard InChI is InChI=1S/C7H6ClN3O2S/c8-6-1-5(4-9)2-7(3-6)14(12,13)11-10/h1-3,11H,10H2. The van der Waals surface area contributed by atoms with E-state index in [2.05, 4.69) is 0 Å². The summed E-state index contributed by atoms with van der Waals surface area (Å²) in [6.07, 6.45) is 0. The molecule has 3 N–H and O–H groups in total. The zero-order chi connectivity index (χ0) is 10.8. The number of hydrogen-bond donors (Lipinski definition) is 2. The zero-order valence-electron chi connectivity index (χ0n) is 6.86. The lowest BCUT2D eigenvalue weighted by Gasteiger charge is -2.02. The van der Waals surface area contributed by atoms with E-state index in [9.17, 15) is 8.42 Å². The lowest BCUT2D eigenvalue weighted by Crippen LogP contribution is -2.30. The number of nitrogens with two attached hydrogens (primary N) is 1. The van der Waals surface area contributed by atoms with E-state index in [0.717, 1.165) is 0 Å². The molecule has 0 aliphatic heterocycles. The third kappa shape index (κ3) is 2.21. The fourth-order valence-electron chi connectivity index (χ4n) is 0.850. The Morgan fingerprint density at radius 1 is 1.43 bits per heavy atom. The summed E-state index contributed by atoms with van der Waals surface area (Å²) in [6, 6.07) is 5.53. The molecule has 0 aliphatic rings. The van der Waals surface area contributed by atoms with Crippen molar-refractivity contribution in [3.63, 3.8) is 0 Å². The third-order valence-electron chi connectivity index (χ3n) is 1.47. The SMILES string of the molecule is N#Cc1cc(Cl)cc(S(=O)(=O)NN)c1. The lowest BCUT2D eigenvalue weighted by atomic mass is 10.2. The van der Waals surface area contributed by atoms with Crippen LogP contribution in [0.5, 0.6) is 0 Å². The number of hydrogen-bond acceptors (Lipinski definition) is 4. The summed E-state index contributed by atoms with van der Waals surface area (Å²) in [6.45, 7) is 0. The van der Waals surface area contributed by atoms with Crippen molar-refractivity contribution in [2.24, 2.45) is 5.84 Å². The molecule has 0 amide bonds. The molecule has 14 heavy (non-hydrogen) atoms. The highest BCUT2D eigenvalue weighted by molar-refractivity contribution is 7.89. The maximum atomic E-state index is 11.2. The van der Waals surface area contributed by atoms with E-state index in [1.165, 1.54) is 18.2 Å². The van der Waals surface area contributed by atoms with Gasteiger partial charge in [-0.1, -0.05) is 11.6 Å². The zero-order valence-corrected chi connectivity index (χ0v) is 8.43. The van der Waals surface area contributed by atoms with E-state index in [4.69, 9.17) is 22.7 Å². The fourth-order valence-corrected chi connectivity index (χ4v) is 1.85. The molecule has 7 heteroatoms. The van der Waals surface area contributed by atoms with Crippen LogP contribution in [0.15, 0.2) is 23.1 Å². The van der Waals surface area contributed by atoms with Gasteiger partial charge < -0.3 is 0 Å². The van der Waals surface area contributed by atoms with Gasteiger partial charge in [-0.2, -0.15) is 10.1 Å². The summed E-state index contributed by atoms with van der Waals surface area (Å²) in [4.78, 5) is 1.51. The van der Waals surface area contributed by atoms with Crippen LogP contribution < -0.4 is 10.7 Å². The number of rotatable bonds is 2. The first kappa shape index (κ1) is 10.9. The monoisotopic (exact) mass is 231 g/mol. The number of nitrogens with zero attached hydrogens (tertiary/aromatic N) is 1.